The summed E-state index contributed by atoms with van der Waals surface area (Å²) in [6, 6.07) is 8.22. The Morgan fingerprint density at radius 2 is 1.52 bits per heavy atom. The average Bonchev–Trinajstić information content (AvgIpc) is 2.64. The Balaban J connectivity index is 2.07. The summed E-state index contributed by atoms with van der Waals surface area (Å²) in [5.41, 5.74) is -1.000. The lowest BCUT2D eigenvalue weighted by Crippen LogP contribution is -2.25. The Bertz CT molecular complexity index is 887. The Morgan fingerprint density at radius 1 is 0.852 bits per heavy atom. The molecule has 6 heteroatoms. The minimum atomic E-state index is -4.62. The smallest absolute Gasteiger partial charge is 0.384 e. The first kappa shape index (κ1) is 19.1. The van der Waals surface area contributed by atoms with E-state index >= 15 is 0 Å². The summed E-state index contributed by atoms with van der Waals surface area (Å²) in [6.07, 6.45) is -1.05. The monoisotopic (exact) mass is 375 g/mol. The molecule has 27 heavy (non-hydrogen) atoms. The zero-order chi connectivity index (χ0) is 19.6. The Hall–Kier alpha value is -2.63. The largest absolute Gasteiger partial charge is 0.418 e. The van der Waals surface area contributed by atoms with E-state index in [0.29, 0.717) is 13.0 Å². The highest BCUT2D eigenvalue weighted by Gasteiger charge is 2.39. The maximum Gasteiger partial charge on any atom is 0.418 e. The van der Waals surface area contributed by atoms with Gasteiger partial charge in [0.2, 0.25) is 0 Å². The van der Waals surface area contributed by atoms with Crippen molar-refractivity contribution >= 4 is 17.3 Å². The van der Waals surface area contributed by atoms with Gasteiger partial charge in [0.05, 0.1) is 16.8 Å². The van der Waals surface area contributed by atoms with Crippen LogP contribution < -0.4 is 5.32 Å². The van der Waals surface area contributed by atoms with Gasteiger partial charge in [-0.15, -0.1) is 0 Å². The summed E-state index contributed by atoms with van der Waals surface area (Å²) in [5.74, 6) is -0.981. The van der Waals surface area contributed by atoms with E-state index in [-0.39, 0.29) is 27.9 Å². The predicted octanol–water partition coefficient (Wildman–Crippen LogP) is 5.47. The second-order valence-corrected chi connectivity index (χ2v) is 6.60. The molecular formula is C21H20F3NO2. The second-order valence-electron chi connectivity index (χ2n) is 6.60. The van der Waals surface area contributed by atoms with E-state index in [0.717, 1.165) is 31.4 Å². The van der Waals surface area contributed by atoms with E-state index in [1.807, 2.05) is 6.92 Å². The van der Waals surface area contributed by atoms with Gasteiger partial charge in [-0.05, 0) is 18.6 Å². The molecule has 0 aliphatic heterocycles. The zero-order valence-corrected chi connectivity index (χ0v) is 15.0. The third-order valence-corrected chi connectivity index (χ3v) is 4.73. The first-order valence-electron chi connectivity index (χ1n) is 9.02. The molecule has 3 rings (SSSR count). The molecule has 2 aromatic rings. The summed E-state index contributed by atoms with van der Waals surface area (Å²) in [5, 5.41) is 2.80. The fourth-order valence-corrected chi connectivity index (χ4v) is 3.37. The number of benzene rings is 2. The van der Waals surface area contributed by atoms with Crippen LogP contribution in [0, 0.1) is 0 Å². The molecule has 0 heterocycles. The predicted molar refractivity (Wildman–Crippen MR) is 97.4 cm³/mol. The van der Waals surface area contributed by atoms with Crippen LogP contribution in [0.25, 0.3) is 0 Å². The van der Waals surface area contributed by atoms with Crippen molar-refractivity contribution in [3.05, 3.63) is 64.2 Å². The summed E-state index contributed by atoms with van der Waals surface area (Å²) < 4.78 is 40.6. The molecule has 1 N–H and O–H groups in total. The van der Waals surface area contributed by atoms with Crippen molar-refractivity contribution in [2.45, 2.75) is 38.8 Å². The molecule has 0 amide bonds. The van der Waals surface area contributed by atoms with Crippen LogP contribution in [-0.2, 0) is 6.18 Å². The van der Waals surface area contributed by atoms with Crippen LogP contribution in [0.1, 0.15) is 70.0 Å². The number of hydrogen-bond acceptors (Lipinski definition) is 3. The van der Waals surface area contributed by atoms with Crippen LogP contribution in [-0.4, -0.2) is 18.1 Å². The highest BCUT2D eigenvalue weighted by atomic mass is 19.4. The molecule has 2 aromatic carbocycles. The second kappa shape index (κ2) is 7.55. The molecule has 142 valence electrons. The lowest BCUT2D eigenvalue weighted by molar-refractivity contribution is -0.137. The van der Waals surface area contributed by atoms with Gasteiger partial charge < -0.3 is 5.32 Å². The van der Waals surface area contributed by atoms with Crippen molar-refractivity contribution in [3.8, 4) is 0 Å². The van der Waals surface area contributed by atoms with Gasteiger partial charge >= 0.3 is 6.18 Å². The normalized spacial score (nSPS) is 13.3. The summed E-state index contributed by atoms with van der Waals surface area (Å²) in [4.78, 5) is 25.6. The highest BCUT2D eigenvalue weighted by molar-refractivity contribution is 6.30. The SMILES string of the molecule is CCCCCCNc1c(C(F)(F)F)ccc2c1C(=O)c1ccccc1C2=O. The van der Waals surface area contributed by atoms with Crippen LogP contribution in [0.15, 0.2) is 36.4 Å². The first-order valence-corrected chi connectivity index (χ1v) is 9.02. The summed E-state index contributed by atoms with van der Waals surface area (Å²) in [7, 11) is 0. The van der Waals surface area contributed by atoms with Crippen LogP contribution >= 0.6 is 0 Å². The van der Waals surface area contributed by atoms with Crippen LogP contribution in [0.2, 0.25) is 0 Å². The number of ketones is 2. The minimum absolute atomic E-state index is 0.0164. The molecule has 0 bridgehead atoms. The van der Waals surface area contributed by atoms with Crippen LogP contribution in [0.4, 0.5) is 18.9 Å². The number of alkyl halides is 3. The van der Waals surface area contributed by atoms with E-state index in [1.54, 1.807) is 12.1 Å². The molecule has 0 unspecified atom stereocenters. The van der Waals surface area contributed by atoms with Gasteiger partial charge in [0, 0.05) is 23.2 Å². The van der Waals surface area contributed by atoms with Crippen molar-refractivity contribution < 1.29 is 22.8 Å². The minimum Gasteiger partial charge on any atom is -0.384 e. The lowest BCUT2D eigenvalue weighted by Gasteiger charge is -2.24. The molecule has 1 aliphatic carbocycles. The lowest BCUT2D eigenvalue weighted by atomic mass is 9.82. The van der Waals surface area contributed by atoms with Crippen molar-refractivity contribution in [1.82, 2.24) is 0 Å². The molecule has 0 saturated carbocycles. The Kier molecular flexibility index (Phi) is 5.35. The van der Waals surface area contributed by atoms with Gasteiger partial charge in [-0.1, -0.05) is 50.5 Å². The summed E-state index contributed by atoms with van der Waals surface area (Å²) in [6.45, 7) is 2.35. The molecule has 0 saturated heterocycles. The number of nitrogens with one attached hydrogen (secondary N) is 1. The number of hydrogen-bond donors (Lipinski definition) is 1. The number of carbonyl (C=O) groups excluding carboxylic acids is 2. The third-order valence-electron chi connectivity index (χ3n) is 4.73. The fraction of sp³-hybridized carbons (Fsp3) is 0.333. The van der Waals surface area contributed by atoms with Crippen molar-refractivity contribution in [3.63, 3.8) is 0 Å². The maximum atomic E-state index is 13.5. The van der Waals surface area contributed by atoms with Crippen molar-refractivity contribution in [1.29, 1.82) is 0 Å². The van der Waals surface area contributed by atoms with Crippen molar-refractivity contribution in [2.24, 2.45) is 0 Å². The van der Waals surface area contributed by atoms with Gasteiger partial charge in [0.1, 0.15) is 0 Å². The highest BCUT2D eigenvalue weighted by Crippen LogP contribution is 2.41. The van der Waals surface area contributed by atoms with E-state index in [9.17, 15) is 22.8 Å². The van der Waals surface area contributed by atoms with Crippen LogP contribution in [0.5, 0.6) is 0 Å². The molecule has 0 spiro atoms. The van der Waals surface area contributed by atoms with Crippen LogP contribution in [0.3, 0.4) is 0 Å². The summed E-state index contributed by atoms with van der Waals surface area (Å²) >= 11 is 0. The molecular weight excluding hydrogens is 355 g/mol. The molecule has 0 radical (unpaired) electrons. The molecule has 1 aliphatic rings. The number of carbonyl (C=O) groups is 2. The Morgan fingerprint density at radius 3 is 2.15 bits per heavy atom. The maximum absolute atomic E-state index is 13.5. The van der Waals surface area contributed by atoms with Crippen molar-refractivity contribution in [2.75, 3.05) is 11.9 Å². The fourth-order valence-electron chi connectivity index (χ4n) is 3.37. The molecule has 3 nitrogen and oxygen atoms in total. The van der Waals surface area contributed by atoms with E-state index in [4.69, 9.17) is 0 Å². The third kappa shape index (κ3) is 3.61. The Labute approximate surface area is 155 Å². The van der Waals surface area contributed by atoms with Gasteiger partial charge in [-0.25, -0.2) is 0 Å². The number of unbranched alkanes of at least 4 members (excludes halogenated alkanes) is 3. The topological polar surface area (TPSA) is 46.2 Å². The quantitative estimate of drug-likeness (QED) is 0.581. The van der Waals surface area contributed by atoms with Gasteiger partial charge in [0.15, 0.2) is 11.6 Å². The van der Waals surface area contributed by atoms with Gasteiger partial charge in [0.25, 0.3) is 0 Å². The number of anilines is 1. The number of halogens is 3. The molecule has 0 fully saturated rings. The standard InChI is InChI=1S/C21H20F3NO2/c1-2-3-4-7-12-25-18-16(21(22,23)24)11-10-15-17(18)20(27)14-9-6-5-8-13(14)19(15)26/h5-6,8-11,25H,2-4,7,12H2,1H3. The van der Waals surface area contributed by atoms with E-state index in [2.05, 4.69) is 5.32 Å². The molecule has 0 aromatic heterocycles. The average molecular weight is 375 g/mol. The zero-order valence-electron chi connectivity index (χ0n) is 15.0. The number of fused-ring (bicyclic) bond motifs is 2. The van der Waals surface area contributed by atoms with E-state index in [1.165, 1.54) is 12.1 Å². The van der Waals surface area contributed by atoms with Gasteiger partial charge in [-0.3, -0.25) is 9.59 Å². The first-order chi connectivity index (χ1) is 12.9. The van der Waals surface area contributed by atoms with E-state index < -0.39 is 23.3 Å². The number of rotatable bonds is 6. The molecule has 0 atom stereocenters. The van der Waals surface area contributed by atoms with Gasteiger partial charge in [-0.2, -0.15) is 13.2 Å².